The molecule has 0 saturated heterocycles. The third-order valence-electron chi connectivity index (χ3n) is 5.42. The van der Waals surface area contributed by atoms with Crippen molar-refractivity contribution >= 4 is 33.2 Å². The first-order chi connectivity index (χ1) is 17.7. The molecule has 10 heteroatoms. The van der Waals surface area contributed by atoms with Crippen LogP contribution in [0, 0.1) is 6.92 Å². The second-order valence-electron chi connectivity index (χ2n) is 8.07. The van der Waals surface area contributed by atoms with Crippen LogP contribution in [0.1, 0.15) is 25.0 Å². The number of rotatable bonds is 12. The molecule has 0 fully saturated rings. The lowest BCUT2D eigenvalue weighted by Gasteiger charge is -2.24. The number of methoxy groups -OCH3 is 1. The van der Waals surface area contributed by atoms with Gasteiger partial charge >= 0.3 is 0 Å². The van der Waals surface area contributed by atoms with E-state index in [0.29, 0.717) is 30.5 Å². The Balaban J connectivity index is 1.85. The maximum atomic E-state index is 13.6. The van der Waals surface area contributed by atoms with E-state index in [4.69, 9.17) is 25.8 Å². The van der Waals surface area contributed by atoms with Gasteiger partial charge in [0.2, 0.25) is 5.91 Å². The minimum atomic E-state index is -4.07. The number of anilines is 1. The largest absolute Gasteiger partial charge is 0.495 e. The molecule has 0 aliphatic rings. The number of hydrogen-bond donors (Lipinski definition) is 1. The Kier molecular flexibility index (Phi) is 9.66. The number of nitrogens with zero attached hydrogens (tertiary/aromatic N) is 1. The molecule has 37 heavy (non-hydrogen) atoms. The van der Waals surface area contributed by atoms with E-state index < -0.39 is 22.5 Å². The number of sulfonamides is 1. The standard InChI is InChI=1S/C27H31ClN2O6S/c1-5-35-25-13-9-20(15-26(25)36-6-2)17-29-27(31)18-30(21-10-14-24(34-4)23(28)16-21)37(32,33)22-11-7-19(3)8-12-22/h7-16H,5-6,17-18H2,1-4H3,(H,29,31). The first-order valence-corrected chi connectivity index (χ1v) is 13.6. The fourth-order valence-corrected chi connectivity index (χ4v) is 5.22. The number of nitrogens with one attached hydrogen (secondary N) is 1. The minimum Gasteiger partial charge on any atom is -0.495 e. The highest BCUT2D eigenvalue weighted by Crippen LogP contribution is 2.32. The van der Waals surface area contributed by atoms with Crippen LogP contribution in [0.5, 0.6) is 17.2 Å². The minimum absolute atomic E-state index is 0.0608. The summed E-state index contributed by atoms with van der Waals surface area (Å²) in [7, 11) is -2.61. The molecule has 0 saturated carbocycles. The maximum absolute atomic E-state index is 13.6. The zero-order valence-corrected chi connectivity index (χ0v) is 22.9. The molecule has 0 bridgehead atoms. The second kappa shape index (κ2) is 12.7. The summed E-state index contributed by atoms with van der Waals surface area (Å²) in [4.78, 5) is 13.1. The highest BCUT2D eigenvalue weighted by Gasteiger charge is 2.28. The number of amides is 1. The van der Waals surface area contributed by atoms with E-state index in [0.717, 1.165) is 15.4 Å². The smallest absolute Gasteiger partial charge is 0.264 e. The zero-order chi connectivity index (χ0) is 27.0. The Morgan fingerprint density at radius 2 is 1.57 bits per heavy atom. The van der Waals surface area contributed by atoms with E-state index in [-0.39, 0.29) is 22.2 Å². The lowest BCUT2D eigenvalue weighted by molar-refractivity contribution is -0.119. The van der Waals surface area contributed by atoms with Gasteiger partial charge in [0.1, 0.15) is 12.3 Å². The van der Waals surface area contributed by atoms with Crippen molar-refractivity contribution in [2.75, 3.05) is 31.2 Å². The van der Waals surface area contributed by atoms with Gasteiger partial charge in [-0.05, 0) is 68.8 Å². The van der Waals surface area contributed by atoms with E-state index in [1.54, 1.807) is 36.4 Å². The van der Waals surface area contributed by atoms with Crippen LogP contribution in [0.15, 0.2) is 65.6 Å². The van der Waals surface area contributed by atoms with E-state index in [2.05, 4.69) is 5.32 Å². The molecule has 0 aliphatic heterocycles. The summed E-state index contributed by atoms with van der Waals surface area (Å²) < 4.78 is 44.6. The fourth-order valence-electron chi connectivity index (χ4n) is 3.56. The molecule has 0 aliphatic carbocycles. The van der Waals surface area contributed by atoms with Crippen molar-refractivity contribution in [3.63, 3.8) is 0 Å². The topological polar surface area (TPSA) is 94.2 Å². The van der Waals surface area contributed by atoms with Crippen molar-refractivity contribution in [1.82, 2.24) is 5.32 Å². The first kappa shape index (κ1) is 28.1. The van der Waals surface area contributed by atoms with Crippen LogP contribution in [0.2, 0.25) is 5.02 Å². The van der Waals surface area contributed by atoms with Gasteiger partial charge in [-0.1, -0.05) is 35.4 Å². The Bertz CT molecular complexity index is 1330. The molecule has 1 N–H and O–H groups in total. The molecule has 0 spiro atoms. The lowest BCUT2D eigenvalue weighted by atomic mass is 10.2. The molecule has 3 aromatic rings. The first-order valence-electron chi connectivity index (χ1n) is 11.8. The van der Waals surface area contributed by atoms with Crippen molar-refractivity contribution in [3.8, 4) is 17.2 Å². The number of aryl methyl sites for hydroxylation is 1. The van der Waals surface area contributed by atoms with Gasteiger partial charge in [-0.25, -0.2) is 8.42 Å². The Morgan fingerprint density at radius 1 is 0.919 bits per heavy atom. The molecule has 0 radical (unpaired) electrons. The maximum Gasteiger partial charge on any atom is 0.264 e. The Morgan fingerprint density at radius 3 is 2.19 bits per heavy atom. The highest BCUT2D eigenvalue weighted by atomic mass is 35.5. The summed E-state index contributed by atoms with van der Waals surface area (Å²) in [6.45, 7) is 6.31. The summed E-state index contributed by atoms with van der Waals surface area (Å²) in [5.74, 6) is 1.09. The molecule has 1 amide bonds. The summed E-state index contributed by atoms with van der Waals surface area (Å²) in [5, 5.41) is 3.02. The Labute approximate surface area is 223 Å². The molecular weight excluding hydrogens is 516 g/mol. The average Bonchev–Trinajstić information content (AvgIpc) is 2.87. The van der Waals surface area contributed by atoms with Crippen LogP contribution in [-0.2, 0) is 21.4 Å². The summed E-state index contributed by atoms with van der Waals surface area (Å²) in [6.07, 6.45) is 0. The molecule has 8 nitrogen and oxygen atoms in total. The van der Waals surface area contributed by atoms with Crippen LogP contribution in [-0.4, -0.2) is 41.2 Å². The predicted octanol–water partition coefficient (Wildman–Crippen LogP) is 4.97. The number of halogens is 1. The van der Waals surface area contributed by atoms with Crippen LogP contribution in [0.25, 0.3) is 0 Å². The van der Waals surface area contributed by atoms with Gasteiger partial charge in [0, 0.05) is 6.54 Å². The fraction of sp³-hybridized carbons (Fsp3) is 0.296. The van der Waals surface area contributed by atoms with E-state index in [9.17, 15) is 13.2 Å². The molecule has 0 heterocycles. The van der Waals surface area contributed by atoms with Gasteiger partial charge in [0.25, 0.3) is 10.0 Å². The molecule has 0 atom stereocenters. The third kappa shape index (κ3) is 7.08. The highest BCUT2D eigenvalue weighted by molar-refractivity contribution is 7.92. The molecule has 3 aromatic carbocycles. The van der Waals surface area contributed by atoms with Crippen molar-refractivity contribution in [3.05, 3.63) is 76.8 Å². The van der Waals surface area contributed by atoms with Crippen molar-refractivity contribution in [1.29, 1.82) is 0 Å². The lowest BCUT2D eigenvalue weighted by Crippen LogP contribution is -2.40. The van der Waals surface area contributed by atoms with Gasteiger partial charge in [0.05, 0.1) is 35.9 Å². The monoisotopic (exact) mass is 546 g/mol. The number of hydrogen-bond acceptors (Lipinski definition) is 6. The van der Waals surface area contributed by atoms with Gasteiger partial charge < -0.3 is 19.5 Å². The number of ether oxygens (including phenoxy) is 3. The van der Waals surface area contributed by atoms with Crippen LogP contribution < -0.4 is 23.8 Å². The summed E-state index contributed by atoms with van der Waals surface area (Å²) in [6, 6.07) is 16.4. The average molecular weight is 547 g/mol. The van der Waals surface area contributed by atoms with Crippen molar-refractivity contribution in [2.24, 2.45) is 0 Å². The van der Waals surface area contributed by atoms with Gasteiger partial charge in [-0.2, -0.15) is 0 Å². The molecule has 198 valence electrons. The van der Waals surface area contributed by atoms with Crippen LogP contribution in [0.4, 0.5) is 5.69 Å². The Hall–Kier alpha value is -3.43. The van der Waals surface area contributed by atoms with Crippen molar-refractivity contribution < 1.29 is 27.4 Å². The normalized spacial score (nSPS) is 11.1. The number of carbonyl (C=O) groups excluding carboxylic acids is 1. The second-order valence-corrected chi connectivity index (χ2v) is 10.3. The van der Waals surface area contributed by atoms with E-state index in [1.807, 2.05) is 26.8 Å². The number of benzene rings is 3. The van der Waals surface area contributed by atoms with Crippen molar-refractivity contribution in [2.45, 2.75) is 32.2 Å². The summed E-state index contributed by atoms with van der Waals surface area (Å²) >= 11 is 6.27. The van der Waals surface area contributed by atoms with E-state index in [1.165, 1.54) is 25.3 Å². The molecular formula is C27H31ClN2O6S. The molecule has 0 aromatic heterocycles. The quantitative estimate of drug-likeness (QED) is 0.345. The molecule has 0 unspecified atom stereocenters. The third-order valence-corrected chi connectivity index (χ3v) is 7.50. The summed E-state index contributed by atoms with van der Waals surface area (Å²) in [5.41, 5.74) is 1.93. The van der Waals surface area contributed by atoms with E-state index >= 15 is 0 Å². The zero-order valence-electron chi connectivity index (χ0n) is 21.3. The molecule has 3 rings (SSSR count). The van der Waals surface area contributed by atoms with Gasteiger partial charge in [0.15, 0.2) is 11.5 Å². The van der Waals surface area contributed by atoms with Gasteiger partial charge in [-0.15, -0.1) is 0 Å². The number of carbonyl (C=O) groups is 1. The van der Waals surface area contributed by atoms with Crippen LogP contribution in [0.3, 0.4) is 0 Å². The SMILES string of the molecule is CCOc1ccc(CNC(=O)CN(c2ccc(OC)c(Cl)c2)S(=O)(=O)c2ccc(C)cc2)cc1OCC. The van der Waals surface area contributed by atoms with Gasteiger partial charge in [-0.3, -0.25) is 9.10 Å². The van der Waals surface area contributed by atoms with Crippen LogP contribution >= 0.6 is 11.6 Å². The predicted molar refractivity (Wildman–Crippen MR) is 144 cm³/mol.